The van der Waals surface area contributed by atoms with E-state index in [-0.39, 0.29) is 66.0 Å². The highest BCUT2D eigenvalue weighted by Crippen LogP contribution is 2.31. The van der Waals surface area contributed by atoms with Gasteiger partial charge in [-0.1, -0.05) is 90.8 Å². The van der Waals surface area contributed by atoms with E-state index in [0.29, 0.717) is 25.9 Å². The molecule has 13 heteroatoms. The van der Waals surface area contributed by atoms with Crippen molar-refractivity contribution >= 4 is 29.4 Å². The molecule has 1 aromatic heterocycles. The average Bonchev–Trinajstić information content (AvgIpc) is 3.71. The van der Waals surface area contributed by atoms with Gasteiger partial charge in [-0.25, -0.2) is 0 Å². The van der Waals surface area contributed by atoms with Crippen molar-refractivity contribution in [2.75, 3.05) is 41.9 Å². The number of hydrogen-bond acceptors (Lipinski definition) is 9. The van der Waals surface area contributed by atoms with Gasteiger partial charge < -0.3 is 29.9 Å². The lowest BCUT2D eigenvalue weighted by molar-refractivity contribution is -0.148. The van der Waals surface area contributed by atoms with Gasteiger partial charge >= 0.3 is 0 Å². The van der Waals surface area contributed by atoms with E-state index < -0.39 is 42.2 Å². The molecule has 2 N–H and O–H groups in total. The van der Waals surface area contributed by atoms with Gasteiger partial charge in [0.15, 0.2) is 0 Å². The van der Waals surface area contributed by atoms with Crippen molar-refractivity contribution in [3.05, 3.63) is 65.5 Å². The number of carbonyl (C=O) groups is 5. The molecular weight excluding hydrogens is 773 g/mol. The topological polar surface area (TPSA) is 150 Å². The summed E-state index contributed by atoms with van der Waals surface area (Å²) in [6.45, 7) is 16.6. The fourth-order valence-electron chi connectivity index (χ4n) is 8.94. The summed E-state index contributed by atoms with van der Waals surface area (Å²) in [7, 11) is 8.58. The van der Waals surface area contributed by atoms with E-state index in [2.05, 4.69) is 15.6 Å². The summed E-state index contributed by atoms with van der Waals surface area (Å²) in [5, 5.41) is 6.08. The summed E-state index contributed by atoms with van der Waals surface area (Å²) in [5.74, 6) is -2.38. The van der Waals surface area contributed by atoms with Crippen LogP contribution in [-0.2, 0) is 46.4 Å². The molecule has 0 aliphatic carbocycles. The molecule has 0 saturated carbocycles. The average molecular weight is 849 g/mol. The highest BCUT2D eigenvalue weighted by Gasteiger charge is 2.43. The number of likely N-dealkylation sites (tertiary alicyclic amines) is 1. The number of rotatable bonds is 24. The normalized spacial score (nSPS) is 18.2. The van der Waals surface area contributed by atoms with Crippen LogP contribution in [-0.4, -0.2) is 127 Å². The SMILES string of the molecule is CC[C@H](C)[C@@H]([C@@H](CC(=O)N1CCC[C@H]1[C@H](OC)[C@@H](C)C(=O)CC(Cc1ccccn1)C(=O)NCc1ccc(C)cc1)OC)N(C)C(=O)[C@@H](NC(=O)[C@H](C(C)C)N(C)C)C(C)C. The Bertz CT molecular complexity index is 1700. The van der Waals surface area contributed by atoms with Crippen LogP contribution < -0.4 is 10.6 Å². The second-order valence-electron chi connectivity index (χ2n) is 18.1. The zero-order valence-electron chi connectivity index (χ0n) is 39.3. The van der Waals surface area contributed by atoms with Gasteiger partial charge in [0.05, 0.1) is 42.7 Å². The van der Waals surface area contributed by atoms with Crippen molar-refractivity contribution in [2.45, 2.75) is 137 Å². The van der Waals surface area contributed by atoms with E-state index >= 15 is 0 Å². The van der Waals surface area contributed by atoms with Gasteiger partial charge in [-0.05, 0) is 69.3 Å². The number of aromatic nitrogens is 1. The lowest BCUT2D eigenvalue weighted by atomic mass is 9.85. The Morgan fingerprint density at radius 3 is 2.10 bits per heavy atom. The number of nitrogens with zero attached hydrogens (tertiary/aromatic N) is 4. The fourth-order valence-corrected chi connectivity index (χ4v) is 8.94. The third-order valence-corrected chi connectivity index (χ3v) is 12.6. The van der Waals surface area contributed by atoms with Gasteiger partial charge in [-0.3, -0.25) is 33.9 Å². The molecule has 340 valence electrons. The molecule has 0 radical (unpaired) electrons. The smallest absolute Gasteiger partial charge is 0.245 e. The van der Waals surface area contributed by atoms with Gasteiger partial charge in [0.1, 0.15) is 11.8 Å². The molecule has 61 heavy (non-hydrogen) atoms. The lowest BCUT2D eigenvalue weighted by Crippen LogP contribution is -2.59. The van der Waals surface area contributed by atoms with E-state index in [4.69, 9.17) is 9.47 Å². The van der Waals surface area contributed by atoms with Crippen LogP contribution in [0.2, 0.25) is 0 Å². The first kappa shape index (κ1) is 51.2. The summed E-state index contributed by atoms with van der Waals surface area (Å²) < 4.78 is 12.1. The summed E-state index contributed by atoms with van der Waals surface area (Å²) in [6.07, 6.45) is 2.87. The van der Waals surface area contributed by atoms with Crippen LogP contribution in [0.4, 0.5) is 0 Å². The molecule has 0 bridgehead atoms. The number of pyridine rings is 1. The number of carbonyl (C=O) groups excluding carboxylic acids is 5. The molecule has 2 aromatic rings. The molecule has 1 aliphatic rings. The third-order valence-electron chi connectivity index (χ3n) is 12.6. The molecule has 9 atom stereocenters. The molecule has 4 amide bonds. The van der Waals surface area contributed by atoms with Gasteiger partial charge in [-0.15, -0.1) is 0 Å². The molecule has 3 rings (SSSR count). The lowest BCUT2D eigenvalue weighted by Gasteiger charge is -2.41. The molecular formula is C48H76N6O7. The van der Waals surface area contributed by atoms with Crippen molar-refractivity contribution in [3.63, 3.8) is 0 Å². The van der Waals surface area contributed by atoms with Crippen LogP contribution in [0.5, 0.6) is 0 Å². The van der Waals surface area contributed by atoms with E-state index in [1.165, 1.54) is 0 Å². The van der Waals surface area contributed by atoms with E-state index in [0.717, 1.165) is 29.7 Å². The molecule has 2 heterocycles. The minimum absolute atomic E-state index is 0.00814. The Balaban J connectivity index is 1.79. The first-order chi connectivity index (χ1) is 28.9. The highest BCUT2D eigenvalue weighted by atomic mass is 16.5. The summed E-state index contributed by atoms with van der Waals surface area (Å²) in [4.78, 5) is 79.9. The van der Waals surface area contributed by atoms with Gasteiger partial charge in [-0.2, -0.15) is 0 Å². The first-order valence-corrected chi connectivity index (χ1v) is 22.2. The Kier molecular flexibility index (Phi) is 20.5. The van der Waals surface area contributed by atoms with Gasteiger partial charge in [0, 0.05) is 65.0 Å². The van der Waals surface area contributed by atoms with Crippen LogP contribution in [0.3, 0.4) is 0 Å². The zero-order chi connectivity index (χ0) is 45.6. The minimum atomic E-state index is -0.772. The van der Waals surface area contributed by atoms with E-state index in [1.54, 1.807) is 32.4 Å². The van der Waals surface area contributed by atoms with E-state index in [9.17, 15) is 24.0 Å². The zero-order valence-corrected chi connectivity index (χ0v) is 39.3. The second-order valence-corrected chi connectivity index (χ2v) is 18.1. The second kappa shape index (κ2) is 24.4. The van der Waals surface area contributed by atoms with Crippen LogP contribution in [0.25, 0.3) is 0 Å². The standard InChI is InChI=1S/C48H76N6O7/c1-14-33(7)44(53(11)48(59)42(30(2)3)51-47(58)43(31(4)5)52(9)10)40(60-12)28-41(56)54-25-17-19-38(54)45(61-13)34(8)39(55)27-36(26-37-18-15-16-24-49-37)46(57)50-29-35-22-20-32(6)21-23-35/h15-16,18,20-24,30-31,33-34,36,38,40,42-45H,14,17,19,25-29H2,1-13H3,(H,50,57)(H,51,58)/t33-,34-,36?,38-,40+,42-,43-,44-,45+/m0/s1. The molecule has 1 aliphatic heterocycles. The Hall–Kier alpha value is -4.20. The fraction of sp³-hybridized carbons (Fsp3) is 0.667. The number of Topliss-reactive ketones (excluding diaryl/α,β-unsaturated/α-hetero) is 1. The summed E-state index contributed by atoms with van der Waals surface area (Å²) >= 11 is 0. The molecule has 0 spiro atoms. The van der Waals surface area contributed by atoms with Crippen molar-refractivity contribution in [3.8, 4) is 0 Å². The number of aryl methyl sites for hydroxylation is 1. The number of ketones is 1. The van der Waals surface area contributed by atoms with E-state index in [1.807, 2.05) is 122 Å². The van der Waals surface area contributed by atoms with Crippen molar-refractivity contribution in [1.82, 2.24) is 30.3 Å². The Morgan fingerprint density at radius 2 is 1.56 bits per heavy atom. The molecule has 1 fully saturated rings. The van der Waals surface area contributed by atoms with Crippen LogP contribution in [0.1, 0.15) is 97.4 Å². The third kappa shape index (κ3) is 14.2. The maximum atomic E-state index is 14.4. The number of benzene rings is 1. The highest BCUT2D eigenvalue weighted by molar-refractivity contribution is 5.90. The van der Waals surface area contributed by atoms with Gasteiger partial charge in [0.2, 0.25) is 23.6 Å². The minimum Gasteiger partial charge on any atom is -0.379 e. The number of likely N-dealkylation sites (N-methyl/N-ethyl adjacent to an activating group) is 2. The summed E-state index contributed by atoms with van der Waals surface area (Å²) in [5.41, 5.74) is 2.82. The Morgan fingerprint density at radius 1 is 0.885 bits per heavy atom. The van der Waals surface area contributed by atoms with Crippen LogP contribution in [0, 0.1) is 36.5 Å². The Labute approximate surface area is 366 Å². The van der Waals surface area contributed by atoms with Gasteiger partial charge in [0.25, 0.3) is 0 Å². The quantitative estimate of drug-likeness (QED) is 0.140. The molecule has 1 saturated heterocycles. The van der Waals surface area contributed by atoms with Crippen molar-refractivity contribution < 1.29 is 33.4 Å². The number of hydrogen-bond donors (Lipinski definition) is 2. The maximum Gasteiger partial charge on any atom is 0.245 e. The monoisotopic (exact) mass is 849 g/mol. The number of ether oxygens (including phenoxy) is 2. The van der Waals surface area contributed by atoms with Crippen LogP contribution >= 0.6 is 0 Å². The largest absolute Gasteiger partial charge is 0.379 e. The number of amides is 4. The molecule has 1 unspecified atom stereocenters. The van der Waals surface area contributed by atoms with Crippen molar-refractivity contribution in [1.29, 1.82) is 0 Å². The van der Waals surface area contributed by atoms with Crippen LogP contribution in [0.15, 0.2) is 48.7 Å². The summed E-state index contributed by atoms with van der Waals surface area (Å²) in [6, 6.07) is 11.5. The first-order valence-electron chi connectivity index (χ1n) is 22.2. The maximum absolute atomic E-state index is 14.4. The van der Waals surface area contributed by atoms with Crippen molar-refractivity contribution in [2.24, 2.45) is 29.6 Å². The predicted octanol–water partition coefficient (Wildman–Crippen LogP) is 5.47. The number of methoxy groups -OCH3 is 2. The predicted molar refractivity (Wildman–Crippen MR) is 239 cm³/mol. The molecule has 13 nitrogen and oxygen atoms in total. The number of nitrogens with one attached hydrogen (secondary N) is 2. The molecule has 1 aromatic carbocycles.